The lowest BCUT2D eigenvalue weighted by molar-refractivity contribution is -0.130. The first-order chi connectivity index (χ1) is 9.65. The molecule has 1 amide bonds. The van der Waals surface area contributed by atoms with Crippen LogP contribution in [-0.2, 0) is 4.79 Å². The third-order valence-corrected chi connectivity index (χ3v) is 3.91. The molecular weight excluding hydrogens is 255 g/mol. The van der Waals surface area contributed by atoms with Crippen molar-refractivity contribution in [3.05, 3.63) is 35.6 Å². The lowest BCUT2D eigenvalue weighted by Gasteiger charge is -2.23. The maximum Gasteiger partial charge on any atom is 0.236 e. The van der Waals surface area contributed by atoms with Gasteiger partial charge in [-0.15, -0.1) is 0 Å². The van der Waals surface area contributed by atoms with Gasteiger partial charge in [0.1, 0.15) is 5.82 Å². The lowest BCUT2D eigenvalue weighted by Crippen LogP contribution is -2.39. The molecule has 0 aliphatic heterocycles. The molecule has 0 saturated heterocycles. The second kappa shape index (κ2) is 6.84. The quantitative estimate of drug-likeness (QED) is 0.831. The van der Waals surface area contributed by atoms with Gasteiger partial charge in [0.15, 0.2) is 0 Å². The van der Waals surface area contributed by atoms with E-state index >= 15 is 0 Å². The Kier molecular flexibility index (Phi) is 5.12. The number of carbonyl (C=O) groups is 1. The summed E-state index contributed by atoms with van der Waals surface area (Å²) in [6.07, 6.45) is 2.35. The highest BCUT2D eigenvalue weighted by atomic mass is 19.1. The molecule has 20 heavy (non-hydrogen) atoms. The molecule has 3 nitrogen and oxygen atoms in total. The number of likely N-dealkylation sites (N-methyl/N-ethyl adjacent to an activating group) is 1. The van der Waals surface area contributed by atoms with Crippen LogP contribution in [-0.4, -0.2) is 30.4 Å². The van der Waals surface area contributed by atoms with Gasteiger partial charge >= 0.3 is 0 Å². The molecule has 4 heteroatoms. The van der Waals surface area contributed by atoms with Crippen LogP contribution < -0.4 is 5.32 Å². The van der Waals surface area contributed by atoms with Crippen LogP contribution >= 0.6 is 0 Å². The summed E-state index contributed by atoms with van der Waals surface area (Å²) in [5.41, 5.74) is 1.07. The molecule has 1 aliphatic carbocycles. The minimum Gasteiger partial charge on any atom is -0.342 e. The first-order valence-corrected chi connectivity index (χ1v) is 7.42. The van der Waals surface area contributed by atoms with Crippen LogP contribution in [0.4, 0.5) is 4.39 Å². The van der Waals surface area contributed by atoms with Crippen LogP contribution in [0.5, 0.6) is 0 Å². The Labute approximate surface area is 120 Å². The Balaban J connectivity index is 1.96. The number of nitrogens with one attached hydrogen (secondary N) is 1. The molecule has 1 aromatic rings. The summed E-state index contributed by atoms with van der Waals surface area (Å²) in [7, 11) is 0. The predicted octanol–water partition coefficient (Wildman–Crippen LogP) is 2.73. The van der Waals surface area contributed by atoms with Gasteiger partial charge in [0.05, 0.1) is 6.54 Å². The highest BCUT2D eigenvalue weighted by Gasteiger charge is 2.32. The highest BCUT2D eigenvalue weighted by molar-refractivity contribution is 5.78. The van der Waals surface area contributed by atoms with E-state index in [2.05, 4.69) is 5.32 Å². The van der Waals surface area contributed by atoms with Crippen molar-refractivity contribution in [3.8, 4) is 0 Å². The average Bonchev–Trinajstić information content (AvgIpc) is 3.27. The van der Waals surface area contributed by atoms with E-state index < -0.39 is 0 Å². The van der Waals surface area contributed by atoms with Gasteiger partial charge in [0, 0.05) is 19.1 Å². The molecular formula is C16H23FN2O. The molecule has 0 aromatic heterocycles. The summed E-state index contributed by atoms with van der Waals surface area (Å²) in [5.74, 6) is 0.482. The molecule has 1 aromatic carbocycles. The standard InChI is InChI=1S/C16H23FN2O/c1-3-19(4-2)15(20)11-18-16(12-5-6-12)13-7-9-14(17)10-8-13/h7-10,12,16,18H,3-6,11H2,1-2H3. The number of hydrogen-bond acceptors (Lipinski definition) is 2. The Morgan fingerprint density at radius 1 is 1.30 bits per heavy atom. The monoisotopic (exact) mass is 278 g/mol. The number of rotatable bonds is 7. The van der Waals surface area contributed by atoms with Gasteiger partial charge in [-0.05, 0) is 50.3 Å². The number of halogens is 1. The van der Waals surface area contributed by atoms with E-state index in [0.29, 0.717) is 12.5 Å². The number of nitrogens with zero attached hydrogens (tertiary/aromatic N) is 1. The summed E-state index contributed by atoms with van der Waals surface area (Å²) in [5, 5.41) is 3.35. The van der Waals surface area contributed by atoms with Gasteiger partial charge in [0.25, 0.3) is 0 Å². The van der Waals surface area contributed by atoms with Crippen molar-refractivity contribution in [1.29, 1.82) is 0 Å². The van der Waals surface area contributed by atoms with Gasteiger partial charge in [-0.1, -0.05) is 12.1 Å². The zero-order valence-corrected chi connectivity index (χ0v) is 12.2. The second-order valence-corrected chi connectivity index (χ2v) is 5.31. The minimum atomic E-state index is -0.220. The molecule has 0 heterocycles. The summed E-state index contributed by atoms with van der Waals surface area (Å²) >= 11 is 0. The van der Waals surface area contributed by atoms with E-state index in [1.165, 1.54) is 25.0 Å². The number of benzene rings is 1. The van der Waals surface area contributed by atoms with Crippen molar-refractivity contribution in [2.45, 2.75) is 32.7 Å². The zero-order chi connectivity index (χ0) is 14.5. The minimum absolute atomic E-state index is 0.128. The molecule has 0 spiro atoms. The smallest absolute Gasteiger partial charge is 0.236 e. The third-order valence-electron chi connectivity index (χ3n) is 3.91. The normalized spacial score (nSPS) is 15.9. The average molecular weight is 278 g/mol. The topological polar surface area (TPSA) is 32.3 Å². The van der Waals surface area contributed by atoms with Gasteiger partial charge < -0.3 is 10.2 Å². The van der Waals surface area contributed by atoms with Gasteiger partial charge in [-0.25, -0.2) is 4.39 Å². The fraction of sp³-hybridized carbons (Fsp3) is 0.562. The summed E-state index contributed by atoms with van der Waals surface area (Å²) in [6, 6.07) is 6.76. The molecule has 110 valence electrons. The summed E-state index contributed by atoms with van der Waals surface area (Å²) in [4.78, 5) is 13.9. The SMILES string of the molecule is CCN(CC)C(=O)CNC(c1ccc(F)cc1)C1CC1. The molecule has 1 fully saturated rings. The van der Waals surface area contributed by atoms with E-state index in [1.54, 1.807) is 0 Å². The maximum absolute atomic E-state index is 13.0. The fourth-order valence-corrected chi connectivity index (χ4v) is 2.54. The van der Waals surface area contributed by atoms with Crippen LogP contribution in [0.2, 0.25) is 0 Å². The van der Waals surface area contributed by atoms with E-state index in [4.69, 9.17) is 0 Å². The van der Waals surface area contributed by atoms with Crippen molar-refractivity contribution < 1.29 is 9.18 Å². The van der Waals surface area contributed by atoms with E-state index in [0.717, 1.165) is 18.7 Å². The first kappa shape index (κ1) is 15.0. The third kappa shape index (κ3) is 3.79. The van der Waals surface area contributed by atoms with Crippen molar-refractivity contribution in [2.24, 2.45) is 5.92 Å². The van der Waals surface area contributed by atoms with Gasteiger partial charge in [-0.2, -0.15) is 0 Å². The van der Waals surface area contributed by atoms with E-state index in [9.17, 15) is 9.18 Å². The maximum atomic E-state index is 13.0. The van der Waals surface area contributed by atoms with E-state index in [1.807, 2.05) is 30.9 Å². The molecule has 1 N–H and O–H groups in total. The predicted molar refractivity (Wildman–Crippen MR) is 77.8 cm³/mol. The fourth-order valence-electron chi connectivity index (χ4n) is 2.54. The summed E-state index contributed by atoms with van der Waals surface area (Å²) in [6.45, 7) is 5.79. The summed E-state index contributed by atoms with van der Waals surface area (Å²) < 4.78 is 13.0. The molecule has 0 radical (unpaired) electrons. The number of carbonyl (C=O) groups excluding carboxylic acids is 1. The molecule has 1 aliphatic rings. The van der Waals surface area contributed by atoms with E-state index in [-0.39, 0.29) is 17.8 Å². The van der Waals surface area contributed by atoms with Crippen LogP contribution in [0.15, 0.2) is 24.3 Å². The van der Waals surface area contributed by atoms with Crippen molar-refractivity contribution in [2.75, 3.05) is 19.6 Å². The number of amides is 1. The largest absolute Gasteiger partial charge is 0.342 e. The molecule has 1 saturated carbocycles. The molecule has 2 rings (SSSR count). The number of hydrogen-bond donors (Lipinski definition) is 1. The Bertz CT molecular complexity index is 438. The van der Waals surface area contributed by atoms with Crippen LogP contribution in [0.3, 0.4) is 0 Å². The molecule has 1 unspecified atom stereocenters. The van der Waals surface area contributed by atoms with Crippen molar-refractivity contribution >= 4 is 5.91 Å². The Hall–Kier alpha value is -1.42. The first-order valence-electron chi connectivity index (χ1n) is 7.42. The Morgan fingerprint density at radius 2 is 1.90 bits per heavy atom. The van der Waals surface area contributed by atoms with Crippen LogP contribution in [0.1, 0.15) is 38.3 Å². The van der Waals surface area contributed by atoms with Crippen molar-refractivity contribution in [3.63, 3.8) is 0 Å². The zero-order valence-electron chi connectivity index (χ0n) is 12.2. The molecule has 0 bridgehead atoms. The second-order valence-electron chi connectivity index (χ2n) is 5.31. The van der Waals surface area contributed by atoms with Crippen LogP contribution in [0.25, 0.3) is 0 Å². The van der Waals surface area contributed by atoms with Gasteiger partial charge in [0.2, 0.25) is 5.91 Å². The Morgan fingerprint density at radius 3 is 2.40 bits per heavy atom. The lowest BCUT2D eigenvalue weighted by atomic mass is 10.0. The van der Waals surface area contributed by atoms with Gasteiger partial charge in [-0.3, -0.25) is 4.79 Å². The highest BCUT2D eigenvalue weighted by Crippen LogP contribution is 2.40. The van der Waals surface area contributed by atoms with Crippen LogP contribution in [0, 0.1) is 11.7 Å². The van der Waals surface area contributed by atoms with Crippen molar-refractivity contribution in [1.82, 2.24) is 10.2 Å². The molecule has 1 atom stereocenters.